The van der Waals surface area contributed by atoms with Crippen molar-refractivity contribution >= 4 is 34.7 Å². The molecule has 28 heavy (non-hydrogen) atoms. The van der Waals surface area contributed by atoms with Gasteiger partial charge in [-0.05, 0) is 25.8 Å². The molecule has 2 aromatic heterocycles. The zero-order valence-electron chi connectivity index (χ0n) is 14.9. The summed E-state index contributed by atoms with van der Waals surface area (Å²) in [4.78, 5) is 31.2. The molecule has 1 aliphatic heterocycles. The molecule has 1 aliphatic carbocycles. The number of fused-ring (bicyclic) bond motifs is 1. The summed E-state index contributed by atoms with van der Waals surface area (Å²) in [5.41, 5.74) is 1.81. The molecule has 0 unspecified atom stereocenters. The average Bonchev–Trinajstić information content (AvgIpc) is 3.26. The highest BCUT2D eigenvalue weighted by atomic mass is 32.2. The van der Waals surface area contributed by atoms with Crippen molar-refractivity contribution in [2.45, 2.75) is 37.9 Å². The average molecular weight is 414 g/mol. The molecule has 2 aromatic rings. The van der Waals surface area contributed by atoms with Gasteiger partial charge in [-0.15, -0.1) is 11.8 Å². The minimum atomic E-state index is -4.51. The number of carbonyl (C=O) groups excluding carboxylic acids is 2. The molecule has 0 spiro atoms. The molecule has 3 heterocycles. The number of halogens is 3. The van der Waals surface area contributed by atoms with Gasteiger partial charge in [0.05, 0.1) is 22.5 Å². The molecule has 2 fully saturated rings. The van der Waals surface area contributed by atoms with Crippen LogP contribution >= 0.6 is 11.8 Å². The zero-order valence-corrected chi connectivity index (χ0v) is 15.7. The molecule has 2 amide bonds. The third-order valence-corrected chi connectivity index (χ3v) is 5.78. The van der Waals surface area contributed by atoms with E-state index in [1.54, 1.807) is 13.0 Å². The van der Waals surface area contributed by atoms with Gasteiger partial charge in [-0.1, -0.05) is 5.16 Å². The van der Waals surface area contributed by atoms with Crippen molar-refractivity contribution in [2.24, 2.45) is 0 Å². The number of pyridine rings is 1. The van der Waals surface area contributed by atoms with Crippen molar-refractivity contribution < 1.29 is 27.3 Å². The lowest BCUT2D eigenvalue weighted by Gasteiger charge is -2.24. The highest BCUT2D eigenvalue weighted by Crippen LogP contribution is 2.41. The van der Waals surface area contributed by atoms with Crippen LogP contribution in [0, 0.1) is 6.92 Å². The van der Waals surface area contributed by atoms with Crippen LogP contribution in [0.15, 0.2) is 10.6 Å². The van der Waals surface area contributed by atoms with Gasteiger partial charge in [0, 0.05) is 17.4 Å². The van der Waals surface area contributed by atoms with E-state index in [-0.39, 0.29) is 23.3 Å². The lowest BCUT2D eigenvalue weighted by Crippen LogP contribution is -2.49. The normalized spacial score (nSPS) is 20.0. The van der Waals surface area contributed by atoms with E-state index in [1.807, 2.05) is 5.32 Å². The van der Waals surface area contributed by atoms with Crippen LogP contribution in [0.3, 0.4) is 0 Å². The molecule has 0 radical (unpaired) electrons. The van der Waals surface area contributed by atoms with Gasteiger partial charge in [0.15, 0.2) is 0 Å². The number of rotatable bonds is 4. The Morgan fingerprint density at radius 2 is 2.14 bits per heavy atom. The summed E-state index contributed by atoms with van der Waals surface area (Å²) in [6, 6.07) is 0.729. The highest BCUT2D eigenvalue weighted by Gasteiger charge is 2.38. The van der Waals surface area contributed by atoms with Gasteiger partial charge in [0.2, 0.25) is 5.91 Å². The number of hydrogen-bond donors (Lipinski definition) is 1. The summed E-state index contributed by atoms with van der Waals surface area (Å²) in [6.45, 7) is 0.262. The molecule has 4 rings (SSSR count). The van der Waals surface area contributed by atoms with E-state index < -0.39 is 30.6 Å². The molecule has 150 valence electrons. The Bertz CT molecular complexity index is 942. The van der Waals surface area contributed by atoms with Gasteiger partial charge in [-0.2, -0.15) is 13.2 Å². The van der Waals surface area contributed by atoms with Crippen molar-refractivity contribution in [3.63, 3.8) is 0 Å². The van der Waals surface area contributed by atoms with Gasteiger partial charge >= 0.3 is 6.18 Å². The minimum absolute atomic E-state index is 0.218. The first kappa shape index (κ1) is 19.0. The zero-order chi connectivity index (χ0) is 20.1. The van der Waals surface area contributed by atoms with Crippen molar-refractivity contribution in [1.29, 1.82) is 0 Å². The van der Waals surface area contributed by atoms with E-state index in [1.165, 1.54) is 16.7 Å². The number of amides is 2. The first-order valence-electron chi connectivity index (χ1n) is 8.74. The van der Waals surface area contributed by atoms with E-state index in [2.05, 4.69) is 10.1 Å². The summed E-state index contributed by atoms with van der Waals surface area (Å²) < 4.78 is 42.5. The summed E-state index contributed by atoms with van der Waals surface area (Å²) in [7, 11) is 0. The Morgan fingerprint density at radius 1 is 1.39 bits per heavy atom. The lowest BCUT2D eigenvalue weighted by molar-refractivity contribution is -0.140. The van der Waals surface area contributed by atoms with Crippen LogP contribution in [-0.2, 0) is 4.79 Å². The number of thioether (sulfide) groups is 1. The fourth-order valence-corrected chi connectivity index (χ4v) is 4.34. The Hall–Kier alpha value is -2.30. The second kappa shape index (κ2) is 6.94. The van der Waals surface area contributed by atoms with Crippen LogP contribution in [0.2, 0.25) is 0 Å². The summed E-state index contributed by atoms with van der Waals surface area (Å²) in [5.74, 6) is -0.527. The number of aryl methyl sites for hydroxylation is 1. The second-order valence-electron chi connectivity index (χ2n) is 6.94. The summed E-state index contributed by atoms with van der Waals surface area (Å²) >= 11 is 1.32. The van der Waals surface area contributed by atoms with Crippen molar-refractivity contribution in [2.75, 3.05) is 18.2 Å². The molecule has 1 N–H and O–H groups in total. The third-order valence-electron chi connectivity index (χ3n) is 4.77. The molecule has 2 aliphatic rings. The fourth-order valence-electron chi connectivity index (χ4n) is 3.19. The topological polar surface area (TPSA) is 88.3 Å². The van der Waals surface area contributed by atoms with Crippen LogP contribution < -0.4 is 5.32 Å². The number of hydrogen-bond acceptors (Lipinski definition) is 6. The molecule has 7 nitrogen and oxygen atoms in total. The highest BCUT2D eigenvalue weighted by molar-refractivity contribution is 7.99. The van der Waals surface area contributed by atoms with E-state index >= 15 is 0 Å². The molecule has 1 atom stereocenters. The van der Waals surface area contributed by atoms with E-state index in [4.69, 9.17) is 4.52 Å². The van der Waals surface area contributed by atoms with Gasteiger partial charge in [-0.3, -0.25) is 9.59 Å². The Balaban J connectivity index is 1.63. The number of alkyl halides is 3. The smallest absolute Gasteiger partial charge is 0.345 e. The number of carbonyl (C=O) groups is 2. The van der Waals surface area contributed by atoms with Crippen molar-refractivity contribution in [3.05, 3.63) is 23.0 Å². The van der Waals surface area contributed by atoms with E-state index in [0.29, 0.717) is 16.6 Å². The Labute approximate surface area is 162 Å². The third kappa shape index (κ3) is 3.67. The minimum Gasteiger partial charge on any atom is -0.345 e. The molecular formula is C17H17F3N4O3S. The molecular weight excluding hydrogens is 397 g/mol. The molecule has 1 saturated heterocycles. The van der Waals surface area contributed by atoms with Crippen LogP contribution in [0.4, 0.5) is 13.2 Å². The van der Waals surface area contributed by atoms with Gasteiger partial charge in [0.1, 0.15) is 12.6 Å². The Morgan fingerprint density at radius 3 is 2.82 bits per heavy atom. The fraction of sp³-hybridized carbons (Fsp3) is 0.529. The first-order valence-corrected chi connectivity index (χ1v) is 9.90. The van der Waals surface area contributed by atoms with Gasteiger partial charge in [0.25, 0.3) is 11.6 Å². The van der Waals surface area contributed by atoms with Gasteiger partial charge < -0.3 is 14.7 Å². The number of aromatic nitrogens is 2. The molecule has 1 saturated carbocycles. The summed E-state index contributed by atoms with van der Waals surface area (Å²) in [6.07, 6.45) is -2.56. The van der Waals surface area contributed by atoms with E-state index in [9.17, 15) is 22.8 Å². The van der Waals surface area contributed by atoms with Crippen LogP contribution in [0.5, 0.6) is 0 Å². The maximum Gasteiger partial charge on any atom is 0.405 e. The first-order chi connectivity index (χ1) is 13.2. The SMILES string of the molecule is Cc1noc2nc(C3CC3)cc(C(=O)N3CSC[C@H]3C(=O)NCC(F)(F)F)c12. The van der Waals surface area contributed by atoms with Crippen molar-refractivity contribution in [1.82, 2.24) is 20.4 Å². The lowest BCUT2D eigenvalue weighted by atomic mass is 10.1. The Kier molecular flexibility index (Phi) is 4.72. The number of nitrogens with zero attached hydrogens (tertiary/aromatic N) is 3. The monoisotopic (exact) mass is 414 g/mol. The standard InChI is InChI=1S/C17H17F3N4O3S/c1-8-13-10(4-11(9-2-3-9)22-15(13)27-23-8)16(26)24-7-28-5-12(24)14(25)21-6-17(18,19)20/h4,9,12H,2-3,5-7H2,1H3,(H,21,25)/t12-/m0/s1. The molecule has 0 aromatic carbocycles. The maximum atomic E-state index is 13.2. The second-order valence-corrected chi connectivity index (χ2v) is 7.94. The van der Waals surface area contributed by atoms with E-state index in [0.717, 1.165) is 18.5 Å². The molecule has 11 heteroatoms. The van der Waals surface area contributed by atoms with Crippen molar-refractivity contribution in [3.8, 4) is 0 Å². The quantitative estimate of drug-likeness (QED) is 0.828. The number of nitrogens with one attached hydrogen (secondary N) is 1. The van der Waals surface area contributed by atoms with Gasteiger partial charge in [-0.25, -0.2) is 4.98 Å². The predicted molar refractivity (Wildman–Crippen MR) is 94.9 cm³/mol. The van der Waals surface area contributed by atoms with Crippen LogP contribution in [0.1, 0.15) is 40.5 Å². The van der Waals surface area contributed by atoms with Crippen LogP contribution in [-0.4, -0.2) is 57.2 Å². The maximum absolute atomic E-state index is 13.2. The van der Waals surface area contributed by atoms with Crippen LogP contribution in [0.25, 0.3) is 11.1 Å². The summed E-state index contributed by atoms with van der Waals surface area (Å²) in [5, 5.41) is 6.22. The predicted octanol–water partition coefficient (Wildman–Crippen LogP) is 2.60. The molecule has 0 bridgehead atoms. The largest absolute Gasteiger partial charge is 0.405 e.